The van der Waals surface area contributed by atoms with E-state index in [2.05, 4.69) is 22.7 Å². The molecule has 1 unspecified atom stereocenters. The Bertz CT molecular complexity index is 1420. The van der Waals surface area contributed by atoms with Crippen LogP contribution in [-0.2, 0) is 30.0 Å². The van der Waals surface area contributed by atoms with Crippen molar-refractivity contribution in [1.29, 1.82) is 0 Å². The van der Waals surface area contributed by atoms with E-state index in [4.69, 9.17) is 0 Å². The summed E-state index contributed by atoms with van der Waals surface area (Å²) >= 11 is 0. The van der Waals surface area contributed by atoms with Gasteiger partial charge in [0.1, 0.15) is 0 Å². The van der Waals surface area contributed by atoms with Crippen molar-refractivity contribution in [3.05, 3.63) is 70.9 Å². The molecule has 0 radical (unpaired) electrons. The Morgan fingerprint density at radius 1 is 0.952 bits per heavy atom. The lowest BCUT2D eigenvalue weighted by Crippen LogP contribution is -2.68. The number of benzene rings is 2. The minimum atomic E-state index is -4.98. The number of amides is 2. The largest absolute Gasteiger partial charge is 0.416 e. The normalized spacial score (nSPS) is 23.1. The molecular formula is C30H33F6N4O2+. The van der Waals surface area contributed by atoms with E-state index in [1.807, 2.05) is 24.3 Å². The number of aromatic amines is 1. The van der Waals surface area contributed by atoms with Crippen LogP contribution in [0.1, 0.15) is 47.9 Å². The first-order chi connectivity index (χ1) is 19.6. The molecule has 12 heteroatoms. The van der Waals surface area contributed by atoms with Crippen LogP contribution < -0.4 is 10.6 Å². The molecule has 2 bridgehead atoms. The van der Waals surface area contributed by atoms with Crippen molar-refractivity contribution in [1.82, 2.24) is 15.6 Å². The van der Waals surface area contributed by atoms with Crippen molar-refractivity contribution >= 4 is 22.7 Å². The quantitative estimate of drug-likeness (QED) is 0.221. The molecular weight excluding hydrogens is 562 g/mol. The number of aromatic nitrogens is 1. The zero-order chi connectivity index (χ0) is 30.3. The summed E-state index contributed by atoms with van der Waals surface area (Å²) in [7, 11) is 2.20. The second-order valence-electron chi connectivity index (χ2n) is 11.9. The highest BCUT2D eigenvalue weighted by Gasteiger charge is 2.48. The summed E-state index contributed by atoms with van der Waals surface area (Å²) < 4.78 is 81.0. The number of nitrogens with one attached hydrogen (secondary N) is 3. The van der Waals surface area contributed by atoms with Gasteiger partial charge in [-0.25, -0.2) is 4.79 Å². The van der Waals surface area contributed by atoms with Crippen LogP contribution in [0, 0.1) is 0 Å². The van der Waals surface area contributed by atoms with Gasteiger partial charge < -0.3 is 20.1 Å². The summed E-state index contributed by atoms with van der Waals surface area (Å²) in [6, 6.07) is 7.18. The van der Waals surface area contributed by atoms with Crippen LogP contribution >= 0.6 is 0 Å². The van der Waals surface area contributed by atoms with Gasteiger partial charge in [-0.3, -0.25) is 4.79 Å². The van der Waals surface area contributed by atoms with E-state index in [0.717, 1.165) is 59.8 Å². The van der Waals surface area contributed by atoms with Gasteiger partial charge in [-0.15, -0.1) is 0 Å². The van der Waals surface area contributed by atoms with Gasteiger partial charge in [-0.1, -0.05) is 18.2 Å². The number of para-hydroxylation sites is 1. The standard InChI is InChI=1S/C30H32F6N4O2/c1-40-11-8-28(9-12-40,10-13-40)39-27(42)38-25(16-20-18-37-24-5-3-2-4-23(20)24)26(41)7-6-19-14-21(29(31,32)33)17-22(15-19)30(34,35)36/h2-5,14-15,17-18,25,37H,6-13,16H2,1H3,(H-,38,39,42)/p+1. The second kappa shape index (κ2) is 10.9. The number of aryl methyl sites for hydroxylation is 1. The maximum absolute atomic E-state index is 13.5. The van der Waals surface area contributed by atoms with Crippen LogP contribution in [0.3, 0.4) is 0 Å². The third-order valence-corrected chi connectivity index (χ3v) is 8.87. The molecule has 3 fully saturated rings. The van der Waals surface area contributed by atoms with Crippen LogP contribution in [0.15, 0.2) is 48.7 Å². The number of quaternary nitrogens is 1. The monoisotopic (exact) mass is 595 g/mol. The molecule has 3 aliphatic rings. The Labute approximate surface area is 239 Å². The van der Waals surface area contributed by atoms with E-state index < -0.39 is 41.3 Å². The predicted octanol–water partition coefficient (Wildman–Crippen LogP) is 6.00. The summed E-state index contributed by atoms with van der Waals surface area (Å²) in [6.07, 6.45) is -6.38. The van der Waals surface area contributed by atoms with Gasteiger partial charge in [-0.2, -0.15) is 26.3 Å². The van der Waals surface area contributed by atoms with Crippen LogP contribution in [0.5, 0.6) is 0 Å². The molecule has 3 saturated heterocycles. The van der Waals surface area contributed by atoms with Gasteiger partial charge in [-0.05, 0) is 41.8 Å². The molecule has 0 aliphatic carbocycles. The third kappa shape index (κ3) is 6.58. The van der Waals surface area contributed by atoms with E-state index >= 15 is 0 Å². The summed E-state index contributed by atoms with van der Waals surface area (Å²) in [6.45, 7) is 2.82. The first kappa shape index (κ1) is 29.9. The zero-order valence-corrected chi connectivity index (χ0v) is 23.1. The number of H-pyrrole nitrogens is 1. The number of Topliss-reactive ketones (excluding diaryl/α,β-unsaturated/α-hetero) is 1. The number of halogens is 6. The Hall–Kier alpha value is -3.54. The van der Waals surface area contributed by atoms with Gasteiger partial charge in [0.25, 0.3) is 0 Å². The van der Waals surface area contributed by atoms with Crippen LogP contribution in [0.25, 0.3) is 10.9 Å². The van der Waals surface area contributed by atoms with Crippen LogP contribution in [-0.4, -0.2) is 59.5 Å². The summed E-state index contributed by atoms with van der Waals surface area (Å²) in [5.41, 5.74) is -1.89. The molecule has 0 spiro atoms. The van der Waals surface area contributed by atoms with Crippen molar-refractivity contribution in [3.63, 3.8) is 0 Å². The van der Waals surface area contributed by atoms with E-state index in [-0.39, 0.29) is 36.4 Å². The number of carbonyl (C=O) groups is 2. The molecule has 0 saturated carbocycles. The lowest BCUT2D eigenvalue weighted by molar-refractivity contribution is -0.925. The lowest BCUT2D eigenvalue weighted by Gasteiger charge is -2.53. The van der Waals surface area contributed by atoms with E-state index in [1.165, 1.54) is 0 Å². The molecule has 6 nitrogen and oxygen atoms in total. The smallest absolute Gasteiger partial charge is 0.361 e. The summed E-state index contributed by atoms with van der Waals surface area (Å²) in [5, 5.41) is 6.72. The van der Waals surface area contributed by atoms with E-state index in [1.54, 1.807) is 6.20 Å². The molecule has 2 amide bonds. The fraction of sp³-hybridized carbons (Fsp3) is 0.467. The predicted molar refractivity (Wildman–Crippen MR) is 145 cm³/mol. The number of nitrogens with zero attached hydrogens (tertiary/aromatic N) is 1. The van der Waals surface area contributed by atoms with Gasteiger partial charge in [0.2, 0.25) is 0 Å². The van der Waals surface area contributed by atoms with Crippen LogP contribution in [0.4, 0.5) is 31.1 Å². The number of rotatable bonds is 8. The molecule has 3 N–H and O–H groups in total. The highest BCUT2D eigenvalue weighted by atomic mass is 19.4. The van der Waals surface area contributed by atoms with E-state index in [0.29, 0.717) is 12.1 Å². The number of hydrogen-bond acceptors (Lipinski definition) is 2. The van der Waals surface area contributed by atoms with Crippen molar-refractivity contribution in [2.24, 2.45) is 0 Å². The molecule has 226 valence electrons. The average Bonchev–Trinajstić information content (AvgIpc) is 3.34. The van der Waals surface area contributed by atoms with Crippen molar-refractivity contribution in [2.75, 3.05) is 26.7 Å². The maximum atomic E-state index is 13.5. The number of fused-ring (bicyclic) bond motifs is 4. The number of carbonyl (C=O) groups excluding carboxylic acids is 2. The Morgan fingerprint density at radius 2 is 1.55 bits per heavy atom. The van der Waals surface area contributed by atoms with E-state index in [9.17, 15) is 35.9 Å². The molecule has 1 atom stereocenters. The first-order valence-corrected chi connectivity index (χ1v) is 13.9. The SMILES string of the molecule is C[N+]12CCC(NC(=O)NC(Cc3c[nH]c4ccccc34)C(=O)CCc3cc(C(F)(F)F)cc(C(F)(F)F)c3)(CC1)CC2. The highest BCUT2D eigenvalue weighted by Crippen LogP contribution is 2.37. The second-order valence-corrected chi connectivity index (χ2v) is 11.9. The molecule has 3 aromatic rings. The van der Waals surface area contributed by atoms with Crippen molar-refractivity contribution in [3.8, 4) is 0 Å². The Balaban J connectivity index is 1.34. The number of ketones is 1. The fourth-order valence-electron chi connectivity index (χ4n) is 6.16. The fourth-order valence-corrected chi connectivity index (χ4v) is 6.16. The Morgan fingerprint density at radius 3 is 2.14 bits per heavy atom. The summed E-state index contributed by atoms with van der Waals surface area (Å²) in [5.74, 6) is -0.490. The molecule has 4 heterocycles. The molecule has 42 heavy (non-hydrogen) atoms. The zero-order valence-electron chi connectivity index (χ0n) is 23.1. The number of alkyl halides is 6. The number of hydrogen-bond donors (Lipinski definition) is 3. The van der Waals surface area contributed by atoms with Crippen LogP contribution in [0.2, 0.25) is 0 Å². The molecule has 3 aliphatic heterocycles. The van der Waals surface area contributed by atoms with Crippen molar-refractivity contribution in [2.45, 2.75) is 62.5 Å². The summed E-state index contributed by atoms with van der Waals surface area (Å²) in [4.78, 5) is 29.8. The van der Waals surface area contributed by atoms with Crippen molar-refractivity contribution < 1.29 is 40.4 Å². The van der Waals surface area contributed by atoms with Gasteiger partial charge in [0.05, 0.1) is 49.4 Å². The number of piperidine rings is 3. The highest BCUT2D eigenvalue weighted by molar-refractivity contribution is 5.90. The molecule has 1 aromatic heterocycles. The third-order valence-electron chi connectivity index (χ3n) is 8.87. The topological polar surface area (TPSA) is 74.0 Å². The first-order valence-electron chi connectivity index (χ1n) is 13.9. The Kier molecular flexibility index (Phi) is 7.80. The molecule has 2 aromatic carbocycles. The number of urea groups is 1. The van der Waals surface area contributed by atoms with Gasteiger partial charge >= 0.3 is 18.4 Å². The maximum Gasteiger partial charge on any atom is 0.416 e. The minimum Gasteiger partial charge on any atom is -0.361 e. The minimum absolute atomic E-state index is 0.0639. The van der Waals surface area contributed by atoms with Gasteiger partial charge in [0, 0.05) is 49.2 Å². The average molecular weight is 596 g/mol. The van der Waals surface area contributed by atoms with Gasteiger partial charge in [0.15, 0.2) is 5.78 Å². The lowest BCUT2D eigenvalue weighted by atomic mass is 9.78. The molecule has 6 rings (SSSR count).